The van der Waals surface area contributed by atoms with Gasteiger partial charge in [-0.2, -0.15) is 5.26 Å². The van der Waals surface area contributed by atoms with Crippen LogP contribution in [0.25, 0.3) is 0 Å². The summed E-state index contributed by atoms with van der Waals surface area (Å²) < 4.78 is 0. The molecule has 6 heteroatoms. The van der Waals surface area contributed by atoms with Crippen molar-refractivity contribution in [2.24, 2.45) is 5.73 Å². The number of primary amides is 1. The minimum Gasteiger partial charge on any atom is -0.351 e. The van der Waals surface area contributed by atoms with Gasteiger partial charge in [-0.25, -0.2) is 4.79 Å². The molecule has 0 aromatic rings. The van der Waals surface area contributed by atoms with Crippen molar-refractivity contribution in [3.05, 3.63) is 0 Å². The summed E-state index contributed by atoms with van der Waals surface area (Å²) in [5.74, 6) is -1.33. The fraction of sp³-hybridized carbons (Fsp3) is 0.333. The van der Waals surface area contributed by atoms with Gasteiger partial charge >= 0.3 is 6.03 Å². The molecule has 0 spiro atoms. The molecule has 0 aromatic carbocycles. The Morgan fingerprint density at radius 3 is 2.42 bits per heavy atom. The first-order valence-electron chi connectivity index (χ1n) is 3.04. The van der Waals surface area contributed by atoms with E-state index in [9.17, 15) is 14.4 Å². The van der Waals surface area contributed by atoms with E-state index in [2.05, 4.69) is 5.73 Å². The summed E-state index contributed by atoms with van der Waals surface area (Å²) in [5.41, 5.74) is 4.60. The number of carbonyl (C=O) groups is 3. The average molecular weight is 169 g/mol. The Kier molecular flexibility index (Phi) is 4.08. The monoisotopic (exact) mass is 169 g/mol. The lowest BCUT2D eigenvalue weighted by Gasteiger charge is -1.96. The van der Waals surface area contributed by atoms with Crippen molar-refractivity contribution in [2.45, 2.75) is 12.8 Å². The third-order valence-corrected chi connectivity index (χ3v) is 0.897. The van der Waals surface area contributed by atoms with Crippen LogP contribution in [0.15, 0.2) is 0 Å². The quantitative estimate of drug-likeness (QED) is 0.530. The molecule has 3 N–H and O–H groups in total. The number of rotatable bonds is 3. The van der Waals surface area contributed by atoms with Gasteiger partial charge in [0.1, 0.15) is 0 Å². The molecule has 0 heterocycles. The second-order valence-electron chi connectivity index (χ2n) is 1.96. The third-order valence-electron chi connectivity index (χ3n) is 0.897. The first-order chi connectivity index (χ1) is 5.56. The van der Waals surface area contributed by atoms with Crippen LogP contribution < -0.4 is 11.1 Å². The number of imide groups is 1. The molecule has 0 atom stereocenters. The summed E-state index contributed by atoms with van der Waals surface area (Å²) in [7, 11) is 0. The lowest BCUT2D eigenvalue weighted by molar-refractivity contribution is -0.126. The Labute approximate surface area is 68.3 Å². The van der Waals surface area contributed by atoms with Crippen molar-refractivity contribution in [1.82, 2.24) is 5.32 Å². The van der Waals surface area contributed by atoms with E-state index in [1.165, 1.54) is 0 Å². The fourth-order valence-corrected chi connectivity index (χ4v) is 0.511. The molecule has 0 radical (unpaired) electrons. The molecule has 0 aromatic heterocycles. The minimum atomic E-state index is -1.01. The van der Waals surface area contributed by atoms with E-state index in [0.29, 0.717) is 0 Å². The van der Waals surface area contributed by atoms with Crippen LogP contribution in [-0.4, -0.2) is 17.7 Å². The van der Waals surface area contributed by atoms with E-state index in [1.54, 1.807) is 11.4 Å². The Balaban J connectivity index is 3.79. The molecule has 0 unspecified atom stereocenters. The lowest BCUT2D eigenvalue weighted by atomic mass is 10.2. The van der Waals surface area contributed by atoms with Gasteiger partial charge in [-0.3, -0.25) is 14.9 Å². The van der Waals surface area contributed by atoms with Crippen molar-refractivity contribution >= 4 is 17.7 Å². The summed E-state index contributed by atoms with van der Waals surface area (Å²) >= 11 is 0. The van der Waals surface area contributed by atoms with Gasteiger partial charge in [0, 0.05) is 0 Å². The molecule has 12 heavy (non-hydrogen) atoms. The second kappa shape index (κ2) is 4.85. The largest absolute Gasteiger partial charge is 0.351 e. The number of amides is 3. The molecule has 0 saturated heterocycles. The number of urea groups is 1. The van der Waals surface area contributed by atoms with Gasteiger partial charge < -0.3 is 5.73 Å². The molecule has 0 rings (SSSR count). The highest BCUT2D eigenvalue weighted by Gasteiger charge is 2.09. The number of nitrogens with two attached hydrogens (primary N) is 1. The molecular formula is C6H7N3O3. The summed E-state index contributed by atoms with van der Waals surface area (Å²) in [5, 5.41) is 9.74. The zero-order valence-corrected chi connectivity index (χ0v) is 6.16. The normalized spacial score (nSPS) is 8.25. The van der Waals surface area contributed by atoms with E-state index in [1.807, 2.05) is 0 Å². The van der Waals surface area contributed by atoms with Gasteiger partial charge in [-0.05, 0) is 0 Å². The topological polar surface area (TPSA) is 113 Å². The van der Waals surface area contributed by atoms with Gasteiger partial charge in [0.2, 0.25) is 5.91 Å². The van der Waals surface area contributed by atoms with Gasteiger partial charge in [0.25, 0.3) is 0 Å². The number of nitriles is 1. The Morgan fingerprint density at radius 1 is 1.42 bits per heavy atom. The van der Waals surface area contributed by atoms with Crippen LogP contribution in [0.3, 0.4) is 0 Å². The minimum absolute atomic E-state index is 0.341. The number of Topliss-reactive ketones (excluding diaryl/α,β-unsaturated/α-hetero) is 1. The van der Waals surface area contributed by atoms with Crippen LogP contribution in [-0.2, 0) is 9.59 Å². The zero-order valence-electron chi connectivity index (χ0n) is 6.16. The predicted molar refractivity (Wildman–Crippen MR) is 37.6 cm³/mol. The van der Waals surface area contributed by atoms with Crippen LogP contribution in [0, 0.1) is 11.3 Å². The van der Waals surface area contributed by atoms with E-state index in [-0.39, 0.29) is 6.42 Å². The Bertz CT molecular complexity index is 253. The lowest BCUT2D eigenvalue weighted by Crippen LogP contribution is -2.35. The molecule has 0 aliphatic carbocycles. The number of nitrogens with zero attached hydrogens (tertiary/aromatic N) is 1. The molecule has 0 bridgehead atoms. The van der Waals surface area contributed by atoms with Crippen LogP contribution in [0.5, 0.6) is 0 Å². The summed E-state index contributed by atoms with van der Waals surface area (Å²) in [6.45, 7) is 0. The highest BCUT2D eigenvalue weighted by molar-refractivity contribution is 6.04. The zero-order chi connectivity index (χ0) is 9.56. The molecule has 0 fully saturated rings. The van der Waals surface area contributed by atoms with Gasteiger partial charge in [0.15, 0.2) is 5.78 Å². The van der Waals surface area contributed by atoms with Crippen molar-refractivity contribution in [3.8, 4) is 6.07 Å². The van der Waals surface area contributed by atoms with Crippen molar-refractivity contribution < 1.29 is 14.4 Å². The first kappa shape index (κ1) is 10.1. The van der Waals surface area contributed by atoms with Crippen LogP contribution >= 0.6 is 0 Å². The number of nitrogens with one attached hydrogen (secondary N) is 1. The number of hydrogen-bond donors (Lipinski definition) is 2. The van der Waals surface area contributed by atoms with Gasteiger partial charge in [-0.1, -0.05) is 0 Å². The molecule has 6 nitrogen and oxygen atoms in total. The number of carbonyl (C=O) groups excluding carboxylic acids is 3. The molecular weight excluding hydrogens is 162 g/mol. The van der Waals surface area contributed by atoms with Gasteiger partial charge in [0.05, 0.1) is 18.9 Å². The smallest absolute Gasteiger partial charge is 0.318 e. The van der Waals surface area contributed by atoms with Crippen LogP contribution in [0.2, 0.25) is 0 Å². The second-order valence-corrected chi connectivity index (χ2v) is 1.96. The third kappa shape index (κ3) is 4.93. The molecule has 0 aliphatic heterocycles. The van der Waals surface area contributed by atoms with Crippen LogP contribution in [0.1, 0.15) is 12.8 Å². The SMILES string of the molecule is N#CCC(=O)CC(=O)NC(N)=O. The van der Waals surface area contributed by atoms with Crippen LogP contribution in [0.4, 0.5) is 4.79 Å². The van der Waals surface area contributed by atoms with E-state index >= 15 is 0 Å². The summed E-state index contributed by atoms with van der Waals surface area (Å²) in [6.07, 6.45) is -0.831. The maximum atomic E-state index is 10.6. The molecule has 0 saturated carbocycles. The van der Waals surface area contributed by atoms with E-state index in [4.69, 9.17) is 5.26 Å². The van der Waals surface area contributed by atoms with Crippen molar-refractivity contribution in [3.63, 3.8) is 0 Å². The number of hydrogen-bond acceptors (Lipinski definition) is 4. The van der Waals surface area contributed by atoms with E-state index < -0.39 is 24.1 Å². The Hall–Kier alpha value is -1.90. The maximum absolute atomic E-state index is 10.6. The standard InChI is InChI=1S/C6H7N3O3/c7-2-1-4(10)3-5(11)9-6(8)12/h1,3H2,(H3,8,9,11,12). The Morgan fingerprint density at radius 2 is 2.00 bits per heavy atom. The molecule has 3 amide bonds. The highest BCUT2D eigenvalue weighted by Crippen LogP contribution is 1.87. The summed E-state index contributed by atoms with van der Waals surface area (Å²) in [6, 6.07) is 0.571. The summed E-state index contributed by atoms with van der Waals surface area (Å²) in [4.78, 5) is 31.3. The maximum Gasteiger partial charge on any atom is 0.318 e. The van der Waals surface area contributed by atoms with Crippen molar-refractivity contribution in [2.75, 3.05) is 0 Å². The van der Waals surface area contributed by atoms with Crippen molar-refractivity contribution in [1.29, 1.82) is 5.26 Å². The molecule has 64 valence electrons. The average Bonchev–Trinajstić information content (AvgIpc) is 1.84. The fourth-order valence-electron chi connectivity index (χ4n) is 0.511. The predicted octanol–water partition coefficient (Wildman–Crippen LogP) is -0.946. The van der Waals surface area contributed by atoms with E-state index in [0.717, 1.165) is 0 Å². The molecule has 0 aliphatic rings. The van der Waals surface area contributed by atoms with Gasteiger partial charge in [-0.15, -0.1) is 0 Å². The number of ketones is 1. The first-order valence-corrected chi connectivity index (χ1v) is 3.04. The highest BCUT2D eigenvalue weighted by atomic mass is 16.2.